The van der Waals surface area contributed by atoms with Crippen molar-refractivity contribution in [2.45, 2.75) is 25.9 Å². The van der Waals surface area contributed by atoms with Crippen molar-refractivity contribution in [3.63, 3.8) is 0 Å². The van der Waals surface area contributed by atoms with E-state index < -0.39 is 36.1 Å². The van der Waals surface area contributed by atoms with E-state index in [1.54, 1.807) is 24.3 Å². The molecule has 6 nitrogen and oxygen atoms in total. The zero-order chi connectivity index (χ0) is 20.3. The summed E-state index contributed by atoms with van der Waals surface area (Å²) in [4.78, 5) is 39.5. The molecule has 2 aromatic rings. The molecule has 1 aliphatic heterocycles. The van der Waals surface area contributed by atoms with Crippen molar-refractivity contribution in [1.29, 1.82) is 0 Å². The number of methoxy groups -OCH3 is 1. The largest absolute Gasteiger partial charge is 0.496 e. The predicted octanol–water partition coefficient (Wildman–Crippen LogP) is 3.25. The lowest BCUT2D eigenvalue weighted by Crippen LogP contribution is -2.45. The van der Waals surface area contributed by atoms with Crippen LogP contribution in [0.3, 0.4) is 0 Å². The van der Waals surface area contributed by atoms with Gasteiger partial charge in [-0.3, -0.25) is 19.3 Å². The molecule has 2 amide bonds. The van der Waals surface area contributed by atoms with E-state index in [2.05, 4.69) is 0 Å². The van der Waals surface area contributed by atoms with Crippen LogP contribution in [0.15, 0.2) is 42.5 Å². The number of halogens is 1. The Bertz CT molecular complexity index is 927. The number of ether oxygens (including phenoxy) is 2. The van der Waals surface area contributed by atoms with Gasteiger partial charge in [-0.25, -0.2) is 4.39 Å². The van der Waals surface area contributed by atoms with Crippen molar-refractivity contribution in [3.8, 4) is 11.5 Å². The number of hydrogen-bond acceptors (Lipinski definition) is 5. The predicted molar refractivity (Wildman–Crippen MR) is 99.1 cm³/mol. The normalized spacial score (nSPS) is 16.2. The van der Waals surface area contributed by atoms with Crippen LogP contribution < -0.4 is 9.47 Å². The summed E-state index contributed by atoms with van der Waals surface area (Å²) < 4.78 is 24.5. The Morgan fingerprint density at radius 1 is 1.21 bits per heavy atom. The third-order valence-corrected chi connectivity index (χ3v) is 4.49. The summed E-state index contributed by atoms with van der Waals surface area (Å²) in [6.07, 6.45) is 0.181. The summed E-state index contributed by atoms with van der Waals surface area (Å²) in [5.41, 5.74) is 0.169. The average molecular weight is 385 g/mol. The van der Waals surface area contributed by atoms with E-state index in [0.29, 0.717) is 18.6 Å². The minimum atomic E-state index is -0.875. The monoisotopic (exact) mass is 385 g/mol. The highest BCUT2D eigenvalue weighted by Crippen LogP contribution is 2.28. The van der Waals surface area contributed by atoms with Crippen LogP contribution in [-0.2, 0) is 4.79 Å². The fourth-order valence-electron chi connectivity index (χ4n) is 3.09. The second kappa shape index (κ2) is 8.21. The molecule has 0 radical (unpaired) electrons. The number of benzene rings is 2. The zero-order valence-corrected chi connectivity index (χ0v) is 15.6. The highest BCUT2D eigenvalue weighted by atomic mass is 19.1. The first kappa shape index (κ1) is 19.5. The Labute approximate surface area is 161 Å². The SMILES string of the molecule is CCC[C@H]1Oc2ccccc2C(=O)N(CC(=O)c2cc(F)ccc2OC)C1=O. The van der Waals surface area contributed by atoms with Crippen molar-refractivity contribution in [3.05, 3.63) is 59.4 Å². The van der Waals surface area contributed by atoms with Gasteiger partial charge in [0.05, 0.1) is 24.8 Å². The Hall–Kier alpha value is -3.22. The highest BCUT2D eigenvalue weighted by molar-refractivity contribution is 6.12. The van der Waals surface area contributed by atoms with Gasteiger partial charge >= 0.3 is 0 Å². The van der Waals surface area contributed by atoms with Crippen molar-refractivity contribution in [1.82, 2.24) is 4.90 Å². The van der Waals surface area contributed by atoms with Gasteiger partial charge in [0.15, 0.2) is 11.9 Å². The molecular weight excluding hydrogens is 365 g/mol. The van der Waals surface area contributed by atoms with Gasteiger partial charge in [0.25, 0.3) is 11.8 Å². The van der Waals surface area contributed by atoms with Crippen LogP contribution in [-0.4, -0.2) is 42.3 Å². The third kappa shape index (κ3) is 3.74. The number of nitrogens with zero attached hydrogens (tertiary/aromatic N) is 1. The van der Waals surface area contributed by atoms with E-state index >= 15 is 0 Å². The van der Waals surface area contributed by atoms with Gasteiger partial charge < -0.3 is 9.47 Å². The van der Waals surface area contributed by atoms with E-state index in [9.17, 15) is 18.8 Å². The number of hydrogen-bond donors (Lipinski definition) is 0. The van der Waals surface area contributed by atoms with E-state index in [-0.39, 0.29) is 16.9 Å². The number of carbonyl (C=O) groups excluding carboxylic acids is 3. The number of para-hydroxylation sites is 1. The van der Waals surface area contributed by atoms with Crippen molar-refractivity contribution >= 4 is 17.6 Å². The van der Waals surface area contributed by atoms with Crippen LogP contribution in [0.2, 0.25) is 0 Å². The number of amides is 2. The van der Waals surface area contributed by atoms with Crippen molar-refractivity contribution in [2.24, 2.45) is 0 Å². The molecule has 0 N–H and O–H groups in total. The van der Waals surface area contributed by atoms with Crippen LogP contribution >= 0.6 is 0 Å². The van der Waals surface area contributed by atoms with E-state index in [1.807, 2.05) is 6.92 Å². The molecule has 0 aliphatic carbocycles. The van der Waals surface area contributed by atoms with Gasteiger partial charge in [0.1, 0.15) is 17.3 Å². The molecule has 0 bridgehead atoms. The van der Waals surface area contributed by atoms with E-state index in [1.165, 1.54) is 19.2 Å². The van der Waals surface area contributed by atoms with E-state index in [0.717, 1.165) is 11.0 Å². The summed E-state index contributed by atoms with van der Waals surface area (Å²) in [5, 5.41) is 0. The number of rotatable bonds is 6. The number of ketones is 1. The topological polar surface area (TPSA) is 72.9 Å². The summed E-state index contributed by atoms with van der Waals surface area (Å²) in [5.74, 6) is -1.96. The molecule has 0 saturated heterocycles. The van der Waals surface area contributed by atoms with Gasteiger partial charge in [0, 0.05) is 0 Å². The highest BCUT2D eigenvalue weighted by Gasteiger charge is 2.37. The Kier molecular flexibility index (Phi) is 5.73. The molecule has 0 aromatic heterocycles. The maximum absolute atomic E-state index is 13.6. The molecule has 2 aromatic carbocycles. The van der Waals surface area contributed by atoms with Gasteiger partial charge in [-0.05, 0) is 36.8 Å². The summed E-state index contributed by atoms with van der Waals surface area (Å²) in [7, 11) is 1.35. The molecular formula is C21H20FNO5. The first-order valence-corrected chi connectivity index (χ1v) is 8.94. The van der Waals surface area contributed by atoms with Crippen molar-refractivity contribution in [2.75, 3.05) is 13.7 Å². The lowest BCUT2D eigenvalue weighted by atomic mass is 10.1. The quantitative estimate of drug-likeness (QED) is 0.564. The molecule has 0 spiro atoms. The zero-order valence-electron chi connectivity index (χ0n) is 15.6. The summed E-state index contributed by atoms with van der Waals surface area (Å²) in [6, 6.07) is 10.0. The average Bonchev–Trinajstić information content (AvgIpc) is 2.79. The van der Waals surface area contributed by atoms with Gasteiger partial charge in [-0.2, -0.15) is 0 Å². The van der Waals surface area contributed by atoms with Crippen LogP contribution in [0.1, 0.15) is 40.5 Å². The fourth-order valence-corrected chi connectivity index (χ4v) is 3.09. The summed E-state index contributed by atoms with van der Waals surface area (Å²) in [6.45, 7) is 1.36. The smallest absolute Gasteiger partial charge is 0.270 e. The van der Waals surface area contributed by atoms with E-state index in [4.69, 9.17) is 9.47 Å². The standard InChI is InChI=1S/C21H20FNO5/c1-3-6-19-21(26)23(20(25)14-7-4-5-8-18(14)28-19)12-16(24)15-11-13(22)9-10-17(15)27-2/h4-5,7-11,19H,3,6,12H2,1-2H3/t19-/m1/s1. The van der Waals surface area contributed by atoms with Gasteiger partial charge in [-0.1, -0.05) is 25.5 Å². The maximum atomic E-state index is 13.6. The fraction of sp³-hybridized carbons (Fsp3) is 0.286. The molecule has 0 unspecified atom stereocenters. The first-order chi connectivity index (χ1) is 13.5. The lowest BCUT2D eigenvalue weighted by molar-refractivity contribution is -0.135. The van der Waals surface area contributed by atoms with Gasteiger partial charge in [-0.15, -0.1) is 0 Å². The second-order valence-electron chi connectivity index (χ2n) is 6.39. The molecule has 0 fully saturated rings. The van der Waals surface area contributed by atoms with Crippen molar-refractivity contribution < 1.29 is 28.2 Å². The Morgan fingerprint density at radius 2 is 1.96 bits per heavy atom. The van der Waals surface area contributed by atoms with Crippen LogP contribution in [0.5, 0.6) is 11.5 Å². The number of carbonyl (C=O) groups is 3. The lowest BCUT2D eigenvalue weighted by Gasteiger charge is -2.22. The molecule has 146 valence electrons. The minimum absolute atomic E-state index is 0.0337. The molecule has 28 heavy (non-hydrogen) atoms. The van der Waals surface area contributed by atoms with Crippen LogP contribution in [0.25, 0.3) is 0 Å². The Balaban J connectivity index is 1.97. The van der Waals surface area contributed by atoms with Gasteiger partial charge in [0.2, 0.25) is 0 Å². The first-order valence-electron chi connectivity index (χ1n) is 8.94. The second-order valence-corrected chi connectivity index (χ2v) is 6.39. The van der Waals surface area contributed by atoms with Crippen LogP contribution in [0.4, 0.5) is 4.39 Å². The third-order valence-electron chi connectivity index (χ3n) is 4.49. The molecule has 0 saturated carbocycles. The molecule has 1 aliphatic rings. The molecule has 1 heterocycles. The number of fused-ring (bicyclic) bond motifs is 1. The molecule has 7 heteroatoms. The van der Waals surface area contributed by atoms with Crippen LogP contribution in [0, 0.1) is 5.82 Å². The molecule has 3 rings (SSSR count). The molecule has 1 atom stereocenters. The number of Topliss-reactive ketones (excluding diaryl/α,β-unsaturated/α-hetero) is 1. The number of imide groups is 1. The minimum Gasteiger partial charge on any atom is -0.496 e. The summed E-state index contributed by atoms with van der Waals surface area (Å²) >= 11 is 0. The maximum Gasteiger partial charge on any atom is 0.270 e. The Morgan fingerprint density at radius 3 is 2.68 bits per heavy atom.